The molecule has 0 radical (unpaired) electrons. The Morgan fingerprint density at radius 1 is 0.756 bits per heavy atom. The SMILES string of the molecule is CN(C)c1cccc2c(S(=O)(=O)N[14C@@H]([14CH2][14c]3[14cH][14cH][14c](OS(=O)(=O)c4cccc5c(N(C)C)cccc45)[14cH][14cH]3)[14C](=O)O)cccc12. The molecule has 45 heavy (non-hydrogen) atoms. The van der Waals surface area contributed by atoms with Gasteiger partial charge in [-0.3, -0.25) is 4.79 Å². The molecule has 0 aromatic heterocycles. The van der Waals surface area contributed by atoms with E-state index in [4.69, 9.17) is 4.18 Å². The minimum Gasteiger partial charge on any atom is -0.480 e. The molecule has 0 unspecified atom stereocenters. The van der Waals surface area contributed by atoms with Gasteiger partial charge in [0.2, 0.25) is 10.0 Å². The number of carboxylic acid groups (broad SMARTS) is 1. The summed E-state index contributed by atoms with van der Waals surface area (Å²) in [5.41, 5.74) is 2.14. The number of hydrogen-bond acceptors (Lipinski definition) is 8. The molecule has 234 valence electrons. The summed E-state index contributed by atoms with van der Waals surface area (Å²) in [4.78, 5) is 15.9. The number of fused-ring (bicyclic) bond motifs is 2. The van der Waals surface area contributed by atoms with Gasteiger partial charge in [-0.2, -0.15) is 13.1 Å². The fourth-order valence-electron chi connectivity index (χ4n) is 5.28. The van der Waals surface area contributed by atoms with Crippen LogP contribution in [0.3, 0.4) is 0 Å². The number of nitrogens with one attached hydrogen (secondary N) is 1. The van der Waals surface area contributed by atoms with Crippen LogP contribution in [0.5, 0.6) is 5.75 Å². The highest BCUT2D eigenvalue weighted by Gasteiger charge is 2.28. The van der Waals surface area contributed by atoms with Crippen molar-refractivity contribution in [3.05, 3.63) is 103 Å². The lowest BCUT2D eigenvalue weighted by molar-refractivity contribution is -0.138. The van der Waals surface area contributed by atoms with Gasteiger partial charge in [-0.05, 0) is 48.4 Å². The number of aliphatic carboxylic acids is 1. The molecule has 5 aromatic rings. The summed E-state index contributed by atoms with van der Waals surface area (Å²) >= 11 is 0. The summed E-state index contributed by atoms with van der Waals surface area (Å²) < 4.78 is 61.3. The number of carbonyl (C=O) groups is 1. The van der Waals surface area contributed by atoms with Gasteiger partial charge in [-0.25, -0.2) is 8.42 Å². The van der Waals surface area contributed by atoms with E-state index in [1.54, 1.807) is 36.4 Å². The lowest BCUT2D eigenvalue weighted by Gasteiger charge is -2.19. The van der Waals surface area contributed by atoms with E-state index in [1.807, 2.05) is 62.3 Å². The van der Waals surface area contributed by atoms with Crippen molar-refractivity contribution in [3.8, 4) is 5.75 Å². The van der Waals surface area contributed by atoms with Crippen molar-refractivity contribution >= 4 is 59.0 Å². The molecule has 0 amide bonds. The van der Waals surface area contributed by atoms with Crippen LogP contribution in [-0.4, -0.2) is 62.1 Å². The maximum Gasteiger partial charge on any atom is 0.339 e. The van der Waals surface area contributed by atoms with Crippen LogP contribution in [-0.2, 0) is 31.4 Å². The molecule has 0 aliphatic carbocycles. The Labute approximate surface area is 262 Å². The van der Waals surface area contributed by atoms with Crippen molar-refractivity contribution in [1.82, 2.24) is 4.72 Å². The van der Waals surface area contributed by atoms with Gasteiger partial charge in [-0.1, -0.05) is 60.7 Å². The van der Waals surface area contributed by atoms with E-state index in [2.05, 4.69) is 4.72 Å². The quantitative estimate of drug-likeness (QED) is 0.190. The Hall–Kier alpha value is -4.65. The fraction of sp³-hybridized carbons (Fsp3) is 0.182. The molecule has 5 aromatic carbocycles. The number of benzene rings is 5. The molecule has 5 rings (SSSR count). The zero-order chi connectivity index (χ0) is 32.5. The molecular formula is C33H33N3O7S2. The van der Waals surface area contributed by atoms with Gasteiger partial charge in [0.25, 0.3) is 0 Å². The van der Waals surface area contributed by atoms with Crippen LogP contribution in [0.15, 0.2) is 107 Å². The Bertz CT molecular complexity index is 2110. The average Bonchev–Trinajstić information content (AvgIpc) is 2.99. The van der Waals surface area contributed by atoms with Gasteiger partial charge >= 0.3 is 16.1 Å². The monoisotopic (exact) mass is 665 g/mol. The zero-order valence-corrected chi connectivity index (χ0v) is 26.8. The van der Waals surface area contributed by atoms with Crippen molar-refractivity contribution < 1.29 is 30.9 Å². The molecular weight excluding hydrogens is 632 g/mol. The van der Waals surface area contributed by atoms with E-state index in [-0.39, 0.29) is 22.0 Å². The number of anilines is 2. The number of rotatable bonds is 11. The highest BCUT2D eigenvalue weighted by atomic mass is 32.2. The van der Waals surface area contributed by atoms with E-state index in [9.17, 15) is 26.7 Å². The minimum absolute atomic E-state index is 0.0132. The third-order valence-electron chi connectivity index (χ3n) is 7.41. The average molecular weight is 666 g/mol. The first kappa shape index (κ1) is 31.8. The Morgan fingerprint density at radius 2 is 1.22 bits per heavy atom. The van der Waals surface area contributed by atoms with Crippen molar-refractivity contribution in [3.63, 3.8) is 0 Å². The predicted molar refractivity (Wildman–Crippen MR) is 176 cm³/mol. The second-order valence-electron chi connectivity index (χ2n) is 10.9. The number of nitrogens with zero attached hydrogens (tertiary/aromatic N) is 2. The van der Waals surface area contributed by atoms with Gasteiger partial charge in [0.05, 0.1) is 4.90 Å². The maximum atomic E-state index is 13.5. The van der Waals surface area contributed by atoms with E-state index in [1.165, 1.54) is 36.4 Å². The topological polar surface area (TPSA) is 133 Å². The third kappa shape index (κ3) is 6.58. The summed E-state index contributed by atoms with van der Waals surface area (Å²) in [6.45, 7) is 0. The first-order valence-corrected chi connectivity index (χ1v) is 16.8. The summed E-state index contributed by atoms with van der Waals surface area (Å²) in [7, 11) is -1.01. The molecule has 0 saturated heterocycles. The smallest absolute Gasteiger partial charge is 0.339 e. The van der Waals surface area contributed by atoms with Crippen LogP contribution in [0.1, 0.15) is 5.56 Å². The van der Waals surface area contributed by atoms with Crippen LogP contribution in [0.4, 0.5) is 11.4 Å². The predicted octanol–water partition coefficient (Wildman–Crippen LogP) is 4.87. The summed E-state index contributed by atoms with van der Waals surface area (Å²) in [6, 6.07) is 24.9. The molecule has 12 heteroatoms. The van der Waals surface area contributed by atoms with Crippen LogP contribution < -0.4 is 18.7 Å². The van der Waals surface area contributed by atoms with Gasteiger partial charge in [0.1, 0.15) is 16.7 Å². The lowest BCUT2D eigenvalue weighted by Crippen LogP contribution is -2.42. The molecule has 0 fully saturated rings. The van der Waals surface area contributed by atoms with Crippen molar-refractivity contribution in [2.45, 2.75) is 22.3 Å². The summed E-state index contributed by atoms with van der Waals surface area (Å²) in [5, 5.41) is 12.4. The fourth-order valence-corrected chi connectivity index (χ4v) is 7.84. The van der Waals surface area contributed by atoms with Crippen molar-refractivity contribution in [1.29, 1.82) is 0 Å². The van der Waals surface area contributed by atoms with Gasteiger partial charge in [0.15, 0.2) is 0 Å². The van der Waals surface area contributed by atoms with Crippen LogP contribution in [0.25, 0.3) is 21.5 Å². The number of sulfonamides is 1. The lowest BCUT2D eigenvalue weighted by atomic mass is 10.1. The molecule has 0 heterocycles. The minimum atomic E-state index is -4.24. The number of hydrogen-bond donors (Lipinski definition) is 2. The third-order valence-corrected chi connectivity index (χ3v) is 10.2. The molecule has 2 N–H and O–H groups in total. The number of carboxylic acids is 1. The second kappa shape index (κ2) is 12.4. The standard InChI is InChI=1S/C33H33N3O7S2/c1-35(2)29-13-5-11-26-24(29)9-7-15-31(26)44(39,40)34-28(33(37)38)21-22-17-19-23(20-18-22)43-45(41,42)32-16-8-10-25-27(32)12-6-14-30(25)36(3)4/h5-20,28,34H,21H2,1-4H3,(H,37,38)/t28-/m0/s1/i17+2,18+2,19+2,20+2,21+2,22+2,23+2,28+2,33+2. The molecule has 0 aliphatic rings. The van der Waals surface area contributed by atoms with Crippen molar-refractivity contribution in [2.24, 2.45) is 0 Å². The van der Waals surface area contributed by atoms with Gasteiger partial charge in [-0.15, -0.1) is 0 Å². The Kier molecular flexibility index (Phi) is 8.74. The van der Waals surface area contributed by atoms with E-state index in [0.29, 0.717) is 21.7 Å². The second-order valence-corrected chi connectivity index (χ2v) is 14.1. The zero-order valence-electron chi connectivity index (χ0n) is 25.1. The molecule has 0 aliphatic heterocycles. The van der Waals surface area contributed by atoms with Crippen LogP contribution >= 0.6 is 0 Å². The Balaban J connectivity index is 1.36. The van der Waals surface area contributed by atoms with E-state index >= 15 is 0 Å². The first-order valence-electron chi connectivity index (χ1n) is 14.0. The molecule has 0 bridgehead atoms. The van der Waals surface area contributed by atoms with Gasteiger partial charge < -0.3 is 19.1 Å². The largest absolute Gasteiger partial charge is 0.480 e. The maximum absolute atomic E-state index is 13.5. The van der Waals surface area contributed by atoms with Crippen molar-refractivity contribution in [2.75, 3.05) is 38.0 Å². The Morgan fingerprint density at radius 3 is 1.73 bits per heavy atom. The van der Waals surface area contributed by atoms with Gasteiger partial charge in [0, 0.05) is 61.1 Å². The molecule has 0 spiro atoms. The van der Waals surface area contributed by atoms with E-state index in [0.717, 1.165) is 16.8 Å². The molecule has 0 saturated carbocycles. The normalized spacial score (nSPS) is 12.6. The molecule has 1 atom stereocenters. The summed E-state index contributed by atoms with van der Waals surface area (Å²) in [6.07, 6.45) is -0.189. The van der Waals surface area contributed by atoms with E-state index < -0.39 is 32.2 Å². The van der Waals surface area contributed by atoms with Crippen LogP contribution in [0.2, 0.25) is 0 Å². The highest BCUT2D eigenvalue weighted by molar-refractivity contribution is 7.89. The molecule has 10 nitrogen and oxygen atoms in total. The highest BCUT2D eigenvalue weighted by Crippen LogP contribution is 2.32. The van der Waals surface area contributed by atoms with Crippen LogP contribution in [0, 0.1) is 0 Å². The first-order chi connectivity index (χ1) is 21.3. The summed E-state index contributed by atoms with van der Waals surface area (Å²) in [5.74, 6) is -1.33.